The standard InChI is InChI=1S/C19H27N5S/c1-2-22(16-10-11-16)15-23-19(25)24(17-8-4-3-5-9-17)18(20-23)14-21-12-6-7-13-21/h3-5,8-9,16H,2,6-7,10-15H2,1H3. The van der Waals surface area contributed by atoms with Crippen LogP contribution in [0.2, 0.25) is 0 Å². The molecule has 1 saturated heterocycles. The zero-order valence-electron chi connectivity index (χ0n) is 15.0. The summed E-state index contributed by atoms with van der Waals surface area (Å²) in [5.41, 5.74) is 1.11. The summed E-state index contributed by atoms with van der Waals surface area (Å²) in [5, 5.41) is 4.94. The lowest BCUT2D eigenvalue weighted by Gasteiger charge is -2.19. The predicted molar refractivity (Wildman–Crippen MR) is 102 cm³/mol. The summed E-state index contributed by atoms with van der Waals surface area (Å²) >= 11 is 5.83. The Morgan fingerprint density at radius 1 is 1.16 bits per heavy atom. The van der Waals surface area contributed by atoms with Crippen molar-refractivity contribution < 1.29 is 0 Å². The highest BCUT2D eigenvalue weighted by Crippen LogP contribution is 2.27. The topological polar surface area (TPSA) is 29.2 Å². The first-order valence-electron chi connectivity index (χ1n) is 9.47. The van der Waals surface area contributed by atoms with Gasteiger partial charge in [-0.25, -0.2) is 4.68 Å². The molecule has 4 rings (SSSR count). The fourth-order valence-electron chi connectivity index (χ4n) is 3.71. The zero-order valence-corrected chi connectivity index (χ0v) is 15.8. The Kier molecular flexibility index (Phi) is 5.01. The zero-order chi connectivity index (χ0) is 17.2. The molecule has 2 heterocycles. The van der Waals surface area contributed by atoms with Crippen molar-refractivity contribution in [3.63, 3.8) is 0 Å². The van der Waals surface area contributed by atoms with Crippen LogP contribution in [0, 0.1) is 4.77 Å². The highest BCUT2D eigenvalue weighted by molar-refractivity contribution is 7.71. The van der Waals surface area contributed by atoms with Gasteiger partial charge in [-0.1, -0.05) is 25.1 Å². The number of hydrogen-bond donors (Lipinski definition) is 0. The molecule has 134 valence electrons. The van der Waals surface area contributed by atoms with Gasteiger partial charge in [-0.2, -0.15) is 5.10 Å². The van der Waals surface area contributed by atoms with Crippen LogP contribution in [0.25, 0.3) is 5.69 Å². The minimum atomic E-state index is 0.718. The molecule has 0 amide bonds. The molecule has 2 aliphatic rings. The second-order valence-corrected chi connectivity index (χ2v) is 7.50. The van der Waals surface area contributed by atoms with Gasteiger partial charge in [0.05, 0.1) is 13.2 Å². The minimum Gasteiger partial charge on any atom is -0.296 e. The molecule has 25 heavy (non-hydrogen) atoms. The lowest BCUT2D eigenvalue weighted by molar-refractivity contribution is 0.205. The number of nitrogens with zero attached hydrogens (tertiary/aromatic N) is 5. The van der Waals surface area contributed by atoms with Gasteiger partial charge in [0.2, 0.25) is 4.77 Å². The molecule has 1 saturated carbocycles. The highest BCUT2D eigenvalue weighted by Gasteiger charge is 2.29. The number of hydrogen-bond acceptors (Lipinski definition) is 4. The molecule has 0 unspecified atom stereocenters. The third-order valence-corrected chi connectivity index (χ3v) is 5.66. The van der Waals surface area contributed by atoms with Crippen molar-refractivity contribution in [2.24, 2.45) is 0 Å². The van der Waals surface area contributed by atoms with E-state index in [4.69, 9.17) is 17.3 Å². The Balaban J connectivity index is 1.67. The monoisotopic (exact) mass is 357 g/mol. The fraction of sp³-hybridized carbons (Fsp3) is 0.579. The summed E-state index contributed by atoms with van der Waals surface area (Å²) in [6.07, 6.45) is 5.19. The minimum absolute atomic E-state index is 0.718. The molecule has 0 radical (unpaired) electrons. The Labute approximate surface area is 154 Å². The maximum absolute atomic E-state index is 5.83. The number of likely N-dealkylation sites (tertiary alicyclic amines) is 1. The third kappa shape index (κ3) is 3.71. The summed E-state index contributed by atoms with van der Waals surface area (Å²) in [6.45, 7) is 7.27. The smallest absolute Gasteiger partial charge is 0.203 e. The van der Waals surface area contributed by atoms with Gasteiger partial charge < -0.3 is 0 Å². The van der Waals surface area contributed by atoms with Gasteiger partial charge in [0.15, 0.2) is 5.82 Å². The van der Waals surface area contributed by atoms with E-state index >= 15 is 0 Å². The molecule has 0 atom stereocenters. The molecule has 1 aliphatic heterocycles. The molecule has 1 aromatic carbocycles. The first-order valence-corrected chi connectivity index (χ1v) is 9.87. The first-order chi connectivity index (χ1) is 12.3. The van der Waals surface area contributed by atoms with Crippen molar-refractivity contribution in [1.82, 2.24) is 24.1 Å². The van der Waals surface area contributed by atoms with E-state index in [1.54, 1.807) is 0 Å². The van der Waals surface area contributed by atoms with Crippen molar-refractivity contribution in [2.75, 3.05) is 19.6 Å². The van der Waals surface area contributed by atoms with E-state index in [0.29, 0.717) is 0 Å². The van der Waals surface area contributed by atoms with Crippen LogP contribution >= 0.6 is 12.2 Å². The van der Waals surface area contributed by atoms with E-state index in [2.05, 4.69) is 45.6 Å². The fourth-order valence-corrected chi connectivity index (χ4v) is 4.02. The Hall–Kier alpha value is -1.50. The van der Waals surface area contributed by atoms with Gasteiger partial charge in [-0.05, 0) is 69.7 Å². The molecule has 1 aliphatic carbocycles. The van der Waals surface area contributed by atoms with Gasteiger partial charge in [0.1, 0.15) is 0 Å². The van der Waals surface area contributed by atoms with Gasteiger partial charge in [-0.3, -0.25) is 14.4 Å². The molecule has 0 N–H and O–H groups in total. The molecule has 0 bridgehead atoms. The van der Waals surface area contributed by atoms with E-state index in [1.165, 1.54) is 25.7 Å². The lowest BCUT2D eigenvalue weighted by Crippen LogP contribution is -2.29. The summed E-state index contributed by atoms with van der Waals surface area (Å²) in [7, 11) is 0. The van der Waals surface area contributed by atoms with Crippen molar-refractivity contribution in [3.05, 3.63) is 40.9 Å². The maximum Gasteiger partial charge on any atom is 0.203 e. The van der Waals surface area contributed by atoms with Gasteiger partial charge >= 0.3 is 0 Å². The Morgan fingerprint density at radius 3 is 2.52 bits per heavy atom. The van der Waals surface area contributed by atoms with Gasteiger partial charge in [0.25, 0.3) is 0 Å². The Morgan fingerprint density at radius 2 is 1.88 bits per heavy atom. The van der Waals surface area contributed by atoms with Gasteiger partial charge in [-0.15, -0.1) is 0 Å². The van der Waals surface area contributed by atoms with Crippen molar-refractivity contribution in [3.8, 4) is 5.69 Å². The molecule has 6 heteroatoms. The summed E-state index contributed by atoms with van der Waals surface area (Å²) in [6, 6.07) is 11.1. The summed E-state index contributed by atoms with van der Waals surface area (Å²) in [5.74, 6) is 1.06. The average Bonchev–Trinajstić information content (AvgIpc) is 3.27. The van der Waals surface area contributed by atoms with Crippen LogP contribution in [-0.4, -0.2) is 49.8 Å². The van der Waals surface area contributed by atoms with E-state index in [0.717, 1.165) is 55.2 Å². The van der Waals surface area contributed by atoms with Crippen LogP contribution in [0.1, 0.15) is 38.4 Å². The highest BCUT2D eigenvalue weighted by atomic mass is 32.1. The number of aromatic nitrogens is 3. The number of rotatable bonds is 7. The van der Waals surface area contributed by atoms with E-state index in [9.17, 15) is 0 Å². The van der Waals surface area contributed by atoms with Crippen molar-refractivity contribution >= 4 is 12.2 Å². The molecule has 1 aromatic heterocycles. The van der Waals surface area contributed by atoms with E-state index < -0.39 is 0 Å². The van der Waals surface area contributed by atoms with Crippen LogP contribution in [0.5, 0.6) is 0 Å². The normalized spacial score (nSPS) is 18.3. The summed E-state index contributed by atoms with van der Waals surface area (Å²) in [4.78, 5) is 4.97. The molecule has 2 fully saturated rings. The second kappa shape index (κ2) is 7.40. The van der Waals surface area contributed by atoms with Crippen LogP contribution in [-0.2, 0) is 13.2 Å². The van der Waals surface area contributed by atoms with Crippen LogP contribution in [0.3, 0.4) is 0 Å². The van der Waals surface area contributed by atoms with Crippen LogP contribution < -0.4 is 0 Å². The maximum atomic E-state index is 5.83. The third-order valence-electron chi connectivity index (χ3n) is 5.27. The van der Waals surface area contributed by atoms with Crippen LogP contribution in [0.15, 0.2) is 30.3 Å². The second-order valence-electron chi connectivity index (χ2n) is 7.13. The first kappa shape index (κ1) is 16.9. The van der Waals surface area contributed by atoms with Crippen LogP contribution in [0.4, 0.5) is 0 Å². The Bertz CT molecular complexity index is 756. The predicted octanol–water partition coefficient (Wildman–Crippen LogP) is 3.44. The summed E-state index contributed by atoms with van der Waals surface area (Å²) < 4.78 is 4.99. The molecular formula is C19H27N5S. The lowest BCUT2D eigenvalue weighted by atomic mass is 10.3. The van der Waals surface area contributed by atoms with Crippen molar-refractivity contribution in [2.45, 2.75) is 51.9 Å². The van der Waals surface area contributed by atoms with Crippen molar-refractivity contribution in [1.29, 1.82) is 0 Å². The quantitative estimate of drug-likeness (QED) is 0.710. The SMILES string of the molecule is CCN(Cn1nc(CN2CCCC2)n(-c2ccccc2)c1=S)C1CC1. The molecular weight excluding hydrogens is 330 g/mol. The molecule has 0 spiro atoms. The van der Waals surface area contributed by atoms with E-state index in [1.807, 2.05) is 10.7 Å². The van der Waals surface area contributed by atoms with Gasteiger partial charge in [0, 0.05) is 11.7 Å². The average molecular weight is 358 g/mol. The molecule has 2 aromatic rings. The largest absolute Gasteiger partial charge is 0.296 e. The number of para-hydroxylation sites is 1. The molecule has 5 nitrogen and oxygen atoms in total. The number of benzene rings is 1. The van der Waals surface area contributed by atoms with E-state index in [-0.39, 0.29) is 0 Å².